The molecule has 0 spiro atoms. The van der Waals surface area contributed by atoms with Crippen LogP contribution < -0.4 is 10.6 Å². The summed E-state index contributed by atoms with van der Waals surface area (Å²) in [6, 6.07) is 10.2. The number of halogens is 2. The Balaban J connectivity index is 2.04. The minimum absolute atomic E-state index is 0.0585. The third-order valence-electron chi connectivity index (χ3n) is 2.51. The van der Waals surface area contributed by atoms with Gasteiger partial charge in [0, 0.05) is 10.7 Å². The molecule has 0 heterocycles. The molecule has 2 rings (SSSR count). The van der Waals surface area contributed by atoms with E-state index in [9.17, 15) is 9.59 Å². The molecule has 21 heavy (non-hydrogen) atoms. The van der Waals surface area contributed by atoms with Gasteiger partial charge < -0.3 is 15.7 Å². The standard InChI is InChI=1S/C14H10Cl2N2O3/c15-8-1-6-11(16)12(7-8)18-14(21)13(20)17-9-2-4-10(19)5-3-9/h1-7,19H,(H,17,20)(H,18,21). The van der Waals surface area contributed by atoms with E-state index in [0.717, 1.165) is 0 Å². The van der Waals surface area contributed by atoms with Gasteiger partial charge in [-0.05, 0) is 42.5 Å². The molecular weight excluding hydrogens is 315 g/mol. The fraction of sp³-hybridized carbons (Fsp3) is 0. The van der Waals surface area contributed by atoms with Gasteiger partial charge in [-0.3, -0.25) is 9.59 Å². The van der Waals surface area contributed by atoms with Crippen molar-refractivity contribution in [3.63, 3.8) is 0 Å². The van der Waals surface area contributed by atoms with Crippen LogP contribution in [0.3, 0.4) is 0 Å². The fourth-order valence-corrected chi connectivity index (χ4v) is 1.84. The number of rotatable bonds is 2. The van der Waals surface area contributed by atoms with Gasteiger partial charge in [0.1, 0.15) is 5.75 Å². The zero-order valence-electron chi connectivity index (χ0n) is 10.6. The summed E-state index contributed by atoms with van der Waals surface area (Å²) >= 11 is 11.7. The first-order valence-electron chi connectivity index (χ1n) is 5.82. The van der Waals surface area contributed by atoms with Crippen LogP contribution in [0.5, 0.6) is 5.75 Å². The van der Waals surface area contributed by atoms with Crippen LogP contribution in [0.15, 0.2) is 42.5 Å². The van der Waals surface area contributed by atoms with Crippen molar-refractivity contribution < 1.29 is 14.7 Å². The van der Waals surface area contributed by atoms with Crippen molar-refractivity contribution in [3.05, 3.63) is 52.5 Å². The number of carbonyl (C=O) groups is 2. The normalized spacial score (nSPS) is 10.0. The Bertz CT molecular complexity index is 687. The summed E-state index contributed by atoms with van der Waals surface area (Å²) in [6.45, 7) is 0. The maximum atomic E-state index is 11.8. The van der Waals surface area contributed by atoms with E-state index >= 15 is 0 Å². The molecule has 2 amide bonds. The highest BCUT2D eigenvalue weighted by molar-refractivity contribution is 6.45. The molecular formula is C14H10Cl2N2O3. The molecule has 0 saturated carbocycles. The van der Waals surface area contributed by atoms with E-state index in [1.165, 1.54) is 36.4 Å². The van der Waals surface area contributed by atoms with Crippen molar-refractivity contribution in [2.45, 2.75) is 0 Å². The van der Waals surface area contributed by atoms with E-state index in [4.69, 9.17) is 28.3 Å². The molecule has 3 N–H and O–H groups in total. The smallest absolute Gasteiger partial charge is 0.314 e. The van der Waals surface area contributed by atoms with Gasteiger partial charge in [0.2, 0.25) is 0 Å². The second-order valence-corrected chi connectivity index (χ2v) is 4.92. The number of aromatic hydroxyl groups is 1. The van der Waals surface area contributed by atoms with E-state index in [-0.39, 0.29) is 16.5 Å². The molecule has 0 aliphatic rings. The summed E-state index contributed by atoms with van der Waals surface area (Å²) in [5.41, 5.74) is 0.625. The number of nitrogens with one attached hydrogen (secondary N) is 2. The minimum atomic E-state index is -0.882. The Hall–Kier alpha value is -2.24. The number of amides is 2. The summed E-state index contributed by atoms with van der Waals surface area (Å²) in [5.74, 6) is -1.69. The molecule has 0 fully saturated rings. The monoisotopic (exact) mass is 324 g/mol. The lowest BCUT2D eigenvalue weighted by Crippen LogP contribution is -2.29. The van der Waals surface area contributed by atoms with Crippen LogP contribution in [0.2, 0.25) is 10.0 Å². The molecule has 5 nitrogen and oxygen atoms in total. The molecule has 2 aromatic carbocycles. The van der Waals surface area contributed by atoms with E-state index in [2.05, 4.69) is 10.6 Å². The lowest BCUT2D eigenvalue weighted by molar-refractivity contribution is -0.132. The van der Waals surface area contributed by atoms with Crippen molar-refractivity contribution in [3.8, 4) is 5.75 Å². The number of phenolic OH excluding ortho intramolecular Hbond substituents is 1. The van der Waals surface area contributed by atoms with E-state index in [1.807, 2.05) is 0 Å². The first-order valence-corrected chi connectivity index (χ1v) is 6.58. The number of hydrogen-bond acceptors (Lipinski definition) is 3. The quantitative estimate of drug-likeness (QED) is 0.586. The predicted octanol–water partition coefficient (Wildman–Crippen LogP) is 3.28. The molecule has 0 saturated heterocycles. The molecule has 0 atom stereocenters. The number of benzene rings is 2. The molecule has 0 unspecified atom stereocenters. The first-order chi connectivity index (χ1) is 9.95. The molecule has 0 aromatic heterocycles. The zero-order chi connectivity index (χ0) is 15.4. The average molecular weight is 325 g/mol. The van der Waals surface area contributed by atoms with Gasteiger partial charge in [-0.25, -0.2) is 0 Å². The van der Waals surface area contributed by atoms with Crippen molar-refractivity contribution in [2.24, 2.45) is 0 Å². The van der Waals surface area contributed by atoms with Crippen molar-refractivity contribution in [1.29, 1.82) is 0 Å². The lowest BCUT2D eigenvalue weighted by Gasteiger charge is -2.08. The Morgan fingerprint density at radius 3 is 2.19 bits per heavy atom. The minimum Gasteiger partial charge on any atom is -0.508 e. The molecule has 0 bridgehead atoms. The number of anilines is 2. The topological polar surface area (TPSA) is 78.4 Å². The Morgan fingerprint density at radius 2 is 1.52 bits per heavy atom. The third-order valence-corrected chi connectivity index (χ3v) is 3.07. The fourth-order valence-electron chi connectivity index (χ4n) is 1.50. The van der Waals surface area contributed by atoms with Gasteiger partial charge in [0.15, 0.2) is 0 Å². The van der Waals surface area contributed by atoms with Crippen LogP contribution in [0.4, 0.5) is 11.4 Å². The van der Waals surface area contributed by atoms with E-state index in [0.29, 0.717) is 10.7 Å². The summed E-state index contributed by atoms with van der Waals surface area (Å²) in [7, 11) is 0. The van der Waals surface area contributed by atoms with Gasteiger partial charge >= 0.3 is 11.8 Å². The summed E-state index contributed by atoms with van der Waals surface area (Å²) in [5, 5.41) is 14.5. The van der Waals surface area contributed by atoms with Crippen LogP contribution in [-0.4, -0.2) is 16.9 Å². The van der Waals surface area contributed by atoms with Gasteiger partial charge in [0.25, 0.3) is 0 Å². The summed E-state index contributed by atoms with van der Waals surface area (Å²) in [6.07, 6.45) is 0. The highest BCUT2D eigenvalue weighted by Crippen LogP contribution is 2.25. The molecule has 108 valence electrons. The molecule has 2 aromatic rings. The van der Waals surface area contributed by atoms with Crippen molar-refractivity contribution in [1.82, 2.24) is 0 Å². The van der Waals surface area contributed by atoms with Crippen LogP contribution in [-0.2, 0) is 9.59 Å². The van der Waals surface area contributed by atoms with Gasteiger partial charge in [-0.15, -0.1) is 0 Å². The lowest BCUT2D eigenvalue weighted by atomic mass is 10.3. The Labute approximate surface area is 130 Å². The summed E-state index contributed by atoms with van der Waals surface area (Å²) in [4.78, 5) is 23.5. The second kappa shape index (κ2) is 6.47. The molecule has 0 aliphatic heterocycles. The largest absolute Gasteiger partial charge is 0.508 e. The highest BCUT2D eigenvalue weighted by Gasteiger charge is 2.15. The SMILES string of the molecule is O=C(Nc1ccc(O)cc1)C(=O)Nc1cc(Cl)ccc1Cl. The third kappa shape index (κ3) is 4.11. The number of carbonyl (C=O) groups excluding carboxylic acids is 2. The second-order valence-electron chi connectivity index (χ2n) is 4.08. The van der Waals surface area contributed by atoms with Crippen LogP contribution >= 0.6 is 23.2 Å². The molecule has 7 heteroatoms. The number of phenols is 1. The maximum absolute atomic E-state index is 11.8. The van der Waals surface area contributed by atoms with Crippen LogP contribution in [0.1, 0.15) is 0 Å². The maximum Gasteiger partial charge on any atom is 0.314 e. The van der Waals surface area contributed by atoms with Crippen molar-refractivity contribution >= 4 is 46.4 Å². The molecule has 0 radical (unpaired) electrons. The zero-order valence-corrected chi connectivity index (χ0v) is 12.1. The van der Waals surface area contributed by atoms with Crippen LogP contribution in [0.25, 0.3) is 0 Å². The van der Waals surface area contributed by atoms with Crippen LogP contribution in [0, 0.1) is 0 Å². The van der Waals surface area contributed by atoms with Gasteiger partial charge in [-0.2, -0.15) is 0 Å². The van der Waals surface area contributed by atoms with Crippen molar-refractivity contribution in [2.75, 3.05) is 10.6 Å². The van der Waals surface area contributed by atoms with E-state index < -0.39 is 11.8 Å². The first kappa shape index (κ1) is 15.2. The Morgan fingerprint density at radius 1 is 0.905 bits per heavy atom. The van der Waals surface area contributed by atoms with E-state index in [1.54, 1.807) is 6.07 Å². The molecule has 0 aliphatic carbocycles. The average Bonchev–Trinajstić information content (AvgIpc) is 2.45. The number of hydrogen-bond donors (Lipinski definition) is 3. The van der Waals surface area contributed by atoms with Gasteiger partial charge in [-0.1, -0.05) is 23.2 Å². The van der Waals surface area contributed by atoms with Gasteiger partial charge in [0.05, 0.1) is 10.7 Å². The highest BCUT2D eigenvalue weighted by atomic mass is 35.5. The Kier molecular flexibility index (Phi) is 4.67. The predicted molar refractivity (Wildman–Crippen MR) is 81.8 cm³/mol. The summed E-state index contributed by atoms with van der Waals surface area (Å²) < 4.78 is 0.